The number of nitrogens with one attached hydrogen (secondary N) is 1. The average Bonchev–Trinajstić information content (AvgIpc) is 3.55. The molecule has 37 heavy (non-hydrogen) atoms. The van der Waals surface area contributed by atoms with Gasteiger partial charge < -0.3 is 9.47 Å². The lowest BCUT2D eigenvalue weighted by Crippen LogP contribution is -2.23. The molecule has 0 bridgehead atoms. The SMILES string of the molecule is COc1cc2c(Oc3ccc(CCCSC4CCCCC4)cc3)c(C(=O)Nn3cnnn3)sc2cc1C. The van der Waals surface area contributed by atoms with E-state index < -0.39 is 0 Å². The van der Waals surface area contributed by atoms with Gasteiger partial charge in [-0.05, 0) is 84.2 Å². The normalized spacial score (nSPS) is 14.1. The molecule has 2 aromatic carbocycles. The quantitative estimate of drug-likeness (QED) is 0.235. The fourth-order valence-corrected chi connectivity index (χ4v) is 7.05. The molecule has 1 amide bonds. The van der Waals surface area contributed by atoms with Crippen LogP contribution in [0.15, 0.2) is 42.7 Å². The number of thioether (sulfide) groups is 1. The third-order valence-corrected chi connectivity index (χ3v) is 9.19. The minimum absolute atomic E-state index is 0.354. The van der Waals surface area contributed by atoms with E-state index in [1.165, 1.54) is 72.3 Å². The molecule has 0 radical (unpaired) electrons. The molecule has 0 atom stereocenters. The molecule has 0 saturated heterocycles. The van der Waals surface area contributed by atoms with Crippen molar-refractivity contribution in [2.75, 3.05) is 18.3 Å². The van der Waals surface area contributed by atoms with Gasteiger partial charge in [-0.3, -0.25) is 4.79 Å². The van der Waals surface area contributed by atoms with Gasteiger partial charge in [-0.1, -0.05) is 31.4 Å². The molecule has 5 rings (SSSR count). The number of amides is 1. The first-order chi connectivity index (χ1) is 18.1. The summed E-state index contributed by atoms with van der Waals surface area (Å²) in [4.78, 5) is 14.7. The van der Waals surface area contributed by atoms with Crippen molar-refractivity contribution >= 4 is 39.1 Å². The lowest BCUT2D eigenvalue weighted by Gasteiger charge is -2.20. The number of aryl methyl sites for hydroxylation is 2. The van der Waals surface area contributed by atoms with Crippen LogP contribution in [0.25, 0.3) is 10.1 Å². The summed E-state index contributed by atoms with van der Waals surface area (Å²) in [5.74, 6) is 2.76. The van der Waals surface area contributed by atoms with Crippen LogP contribution in [0.2, 0.25) is 0 Å². The van der Waals surface area contributed by atoms with E-state index in [-0.39, 0.29) is 5.91 Å². The van der Waals surface area contributed by atoms with Gasteiger partial charge in [0.25, 0.3) is 5.91 Å². The second-order valence-electron chi connectivity index (χ2n) is 9.25. The Morgan fingerprint density at radius 3 is 2.73 bits per heavy atom. The van der Waals surface area contributed by atoms with Crippen molar-refractivity contribution in [1.82, 2.24) is 20.3 Å². The van der Waals surface area contributed by atoms with E-state index in [2.05, 4.69) is 44.8 Å². The number of nitrogens with zero attached hydrogens (tertiary/aromatic N) is 4. The molecule has 1 N–H and O–H groups in total. The Morgan fingerprint density at radius 1 is 1.19 bits per heavy atom. The molecule has 1 aliphatic carbocycles. The highest BCUT2D eigenvalue weighted by Crippen LogP contribution is 2.43. The molecular weight excluding hydrogens is 506 g/mol. The Kier molecular flexibility index (Phi) is 8.25. The molecular formula is C27H31N5O3S2. The maximum Gasteiger partial charge on any atom is 0.285 e. The van der Waals surface area contributed by atoms with Crippen molar-refractivity contribution in [3.63, 3.8) is 0 Å². The molecule has 194 valence electrons. The summed E-state index contributed by atoms with van der Waals surface area (Å²) >= 11 is 3.51. The Balaban J connectivity index is 1.30. The number of ether oxygens (including phenoxy) is 2. The number of benzene rings is 2. The van der Waals surface area contributed by atoms with Crippen LogP contribution >= 0.6 is 23.1 Å². The highest BCUT2D eigenvalue weighted by molar-refractivity contribution is 7.99. The summed E-state index contributed by atoms with van der Waals surface area (Å²) in [7, 11) is 1.64. The zero-order chi connectivity index (χ0) is 25.6. The molecule has 8 nitrogen and oxygen atoms in total. The molecule has 10 heteroatoms. The van der Waals surface area contributed by atoms with E-state index >= 15 is 0 Å². The van der Waals surface area contributed by atoms with Crippen molar-refractivity contribution in [2.24, 2.45) is 0 Å². The van der Waals surface area contributed by atoms with Gasteiger partial charge in [0.1, 0.15) is 16.4 Å². The zero-order valence-electron chi connectivity index (χ0n) is 21.1. The van der Waals surface area contributed by atoms with Gasteiger partial charge >= 0.3 is 0 Å². The molecule has 0 unspecified atom stereocenters. The van der Waals surface area contributed by atoms with E-state index in [1.807, 2.05) is 31.2 Å². The van der Waals surface area contributed by atoms with Crippen molar-refractivity contribution in [3.8, 4) is 17.2 Å². The molecule has 1 fully saturated rings. The number of carbonyl (C=O) groups excluding carboxylic acids is 1. The molecule has 0 aliphatic heterocycles. The standard InChI is InChI=1S/C27H31N5O3S2/c1-18-15-24-22(16-23(18)34-2)25(26(37-24)27(33)29-32-17-28-30-31-32)35-20-12-10-19(11-13-20)7-6-14-36-21-8-4-3-5-9-21/h10-13,15-17,21H,3-9,14H2,1-2H3,(H,29,33). The van der Waals surface area contributed by atoms with Crippen LogP contribution in [0.5, 0.6) is 17.2 Å². The van der Waals surface area contributed by atoms with Crippen LogP contribution in [0.3, 0.4) is 0 Å². The van der Waals surface area contributed by atoms with Crippen LogP contribution in [0, 0.1) is 6.92 Å². The number of tetrazole rings is 1. The number of hydrogen-bond donors (Lipinski definition) is 1. The number of fused-ring (bicyclic) bond motifs is 1. The Bertz CT molecular complexity index is 1330. The van der Waals surface area contributed by atoms with Crippen LogP contribution < -0.4 is 14.9 Å². The van der Waals surface area contributed by atoms with Crippen molar-refractivity contribution in [1.29, 1.82) is 0 Å². The van der Waals surface area contributed by atoms with Crippen LogP contribution in [0.1, 0.15) is 59.3 Å². The fraction of sp³-hybridized carbons (Fsp3) is 0.407. The number of hydrogen-bond acceptors (Lipinski definition) is 8. The number of methoxy groups -OCH3 is 1. The van der Waals surface area contributed by atoms with Gasteiger partial charge in [-0.25, -0.2) is 5.43 Å². The maximum atomic E-state index is 13.1. The minimum Gasteiger partial charge on any atom is -0.496 e. The Morgan fingerprint density at radius 2 is 2.00 bits per heavy atom. The van der Waals surface area contributed by atoms with Gasteiger partial charge in [0.15, 0.2) is 12.1 Å². The first-order valence-electron chi connectivity index (χ1n) is 12.6. The Hall–Kier alpha value is -3.11. The maximum absolute atomic E-state index is 13.1. The van der Waals surface area contributed by atoms with Crippen LogP contribution in [-0.4, -0.2) is 44.3 Å². The van der Waals surface area contributed by atoms with E-state index in [4.69, 9.17) is 9.47 Å². The smallest absolute Gasteiger partial charge is 0.285 e. The second-order valence-corrected chi connectivity index (χ2v) is 11.7. The first kappa shape index (κ1) is 25.5. The minimum atomic E-state index is -0.354. The van der Waals surface area contributed by atoms with Crippen molar-refractivity contribution in [3.05, 3.63) is 58.7 Å². The van der Waals surface area contributed by atoms with Crippen LogP contribution in [-0.2, 0) is 6.42 Å². The number of thiophene rings is 1. The van der Waals surface area contributed by atoms with Crippen molar-refractivity contribution < 1.29 is 14.3 Å². The third kappa shape index (κ3) is 6.24. The predicted molar refractivity (Wildman–Crippen MR) is 149 cm³/mol. The van der Waals surface area contributed by atoms with Gasteiger partial charge in [-0.2, -0.15) is 11.8 Å². The van der Waals surface area contributed by atoms with E-state index in [1.54, 1.807) is 7.11 Å². The molecule has 2 heterocycles. The lowest BCUT2D eigenvalue weighted by atomic mass is 10.0. The van der Waals surface area contributed by atoms with Gasteiger partial charge in [0.2, 0.25) is 0 Å². The Labute approximate surface area is 224 Å². The topological polar surface area (TPSA) is 91.2 Å². The summed E-state index contributed by atoms with van der Waals surface area (Å²) in [5.41, 5.74) is 4.95. The monoisotopic (exact) mass is 537 g/mol. The third-order valence-electron chi connectivity index (χ3n) is 6.59. The summed E-state index contributed by atoms with van der Waals surface area (Å²) in [6.45, 7) is 1.98. The highest BCUT2D eigenvalue weighted by atomic mass is 32.2. The summed E-state index contributed by atoms with van der Waals surface area (Å²) in [6.07, 6.45) is 10.5. The largest absolute Gasteiger partial charge is 0.496 e. The predicted octanol–water partition coefficient (Wildman–Crippen LogP) is 6.38. The van der Waals surface area contributed by atoms with Gasteiger partial charge in [0, 0.05) is 15.3 Å². The molecule has 0 spiro atoms. The van der Waals surface area contributed by atoms with E-state index in [0.29, 0.717) is 16.4 Å². The number of aromatic nitrogens is 4. The molecule has 1 aliphatic rings. The van der Waals surface area contributed by atoms with Gasteiger partial charge in [-0.15, -0.1) is 21.2 Å². The lowest BCUT2D eigenvalue weighted by molar-refractivity contribution is 0.101. The zero-order valence-corrected chi connectivity index (χ0v) is 22.7. The molecule has 4 aromatic rings. The second kappa shape index (κ2) is 12.0. The van der Waals surface area contributed by atoms with E-state index in [0.717, 1.165) is 33.1 Å². The summed E-state index contributed by atoms with van der Waals surface area (Å²) in [6, 6.07) is 12.1. The summed E-state index contributed by atoms with van der Waals surface area (Å²) < 4.78 is 12.8. The number of rotatable bonds is 10. The molecule has 2 aromatic heterocycles. The molecule has 1 saturated carbocycles. The fourth-order valence-electron chi connectivity index (χ4n) is 4.64. The van der Waals surface area contributed by atoms with E-state index in [9.17, 15) is 4.79 Å². The van der Waals surface area contributed by atoms with Crippen molar-refractivity contribution in [2.45, 2.75) is 57.1 Å². The highest BCUT2D eigenvalue weighted by Gasteiger charge is 2.23. The van der Waals surface area contributed by atoms with Crippen LogP contribution in [0.4, 0.5) is 0 Å². The summed E-state index contributed by atoms with van der Waals surface area (Å²) in [5, 5.41) is 12.5. The first-order valence-corrected chi connectivity index (χ1v) is 14.5. The average molecular weight is 538 g/mol. The van der Waals surface area contributed by atoms with Gasteiger partial charge in [0.05, 0.1) is 7.11 Å². The number of carbonyl (C=O) groups is 1.